The molecule has 0 saturated heterocycles. The van der Waals surface area contributed by atoms with Crippen molar-refractivity contribution in [1.82, 2.24) is 15.5 Å². The summed E-state index contributed by atoms with van der Waals surface area (Å²) in [6.45, 7) is 7.68. The van der Waals surface area contributed by atoms with Gasteiger partial charge in [0, 0.05) is 17.9 Å². The highest BCUT2D eigenvalue weighted by molar-refractivity contribution is 7.11. The van der Waals surface area contributed by atoms with E-state index in [1.807, 2.05) is 0 Å². The van der Waals surface area contributed by atoms with Crippen LogP contribution >= 0.6 is 11.3 Å². The van der Waals surface area contributed by atoms with Crippen molar-refractivity contribution in [2.24, 2.45) is 0 Å². The fraction of sp³-hybridized carbons (Fsp3) is 0.833. The van der Waals surface area contributed by atoms with Gasteiger partial charge in [-0.25, -0.2) is 0 Å². The normalized spacial score (nSPS) is 16.7. The molecule has 90 valence electrons. The Morgan fingerprint density at radius 1 is 1.31 bits per heavy atom. The maximum Gasteiger partial charge on any atom is 0.122 e. The van der Waals surface area contributed by atoms with Gasteiger partial charge < -0.3 is 5.32 Å². The highest BCUT2D eigenvalue weighted by atomic mass is 32.1. The Morgan fingerprint density at radius 3 is 2.62 bits per heavy atom. The third-order valence-corrected chi connectivity index (χ3v) is 4.09. The highest BCUT2D eigenvalue weighted by Crippen LogP contribution is 2.25. The average Bonchev–Trinajstić information content (AvgIpc) is 2.88. The lowest BCUT2D eigenvalue weighted by molar-refractivity contribution is 0.577. The first-order valence-corrected chi connectivity index (χ1v) is 6.93. The molecule has 1 aromatic heterocycles. The van der Waals surface area contributed by atoms with E-state index in [0.29, 0.717) is 0 Å². The molecular formula is C12H21N3S. The van der Waals surface area contributed by atoms with Crippen molar-refractivity contribution in [3.05, 3.63) is 10.0 Å². The van der Waals surface area contributed by atoms with Gasteiger partial charge >= 0.3 is 0 Å². The van der Waals surface area contributed by atoms with Gasteiger partial charge in [-0.2, -0.15) is 0 Å². The number of aromatic nitrogens is 2. The number of aryl methyl sites for hydroxylation is 1. The van der Waals surface area contributed by atoms with Crippen LogP contribution in [0.1, 0.15) is 50.0 Å². The van der Waals surface area contributed by atoms with E-state index in [2.05, 4.69) is 36.3 Å². The topological polar surface area (TPSA) is 37.8 Å². The zero-order valence-electron chi connectivity index (χ0n) is 10.4. The molecule has 1 fully saturated rings. The van der Waals surface area contributed by atoms with Crippen molar-refractivity contribution in [3.63, 3.8) is 0 Å². The fourth-order valence-corrected chi connectivity index (χ4v) is 2.43. The smallest absolute Gasteiger partial charge is 0.122 e. The molecule has 3 nitrogen and oxygen atoms in total. The molecule has 2 rings (SSSR count). The summed E-state index contributed by atoms with van der Waals surface area (Å²) in [4.78, 5) is 0. The monoisotopic (exact) mass is 239 g/mol. The Labute approximate surface area is 102 Å². The summed E-state index contributed by atoms with van der Waals surface area (Å²) in [7, 11) is 0. The molecule has 4 heteroatoms. The third kappa shape index (κ3) is 3.52. The van der Waals surface area contributed by atoms with Crippen LogP contribution in [0.15, 0.2) is 0 Å². The Balaban J connectivity index is 1.73. The van der Waals surface area contributed by atoms with Crippen LogP contribution in [0.25, 0.3) is 0 Å². The Morgan fingerprint density at radius 2 is 2.06 bits per heavy atom. The van der Waals surface area contributed by atoms with Crippen LogP contribution in [-0.2, 0) is 11.8 Å². The summed E-state index contributed by atoms with van der Waals surface area (Å²) in [5.41, 5.74) is 0.141. The lowest BCUT2D eigenvalue weighted by Crippen LogP contribution is -2.17. The molecule has 0 unspecified atom stereocenters. The van der Waals surface area contributed by atoms with E-state index >= 15 is 0 Å². The van der Waals surface area contributed by atoms with Gasteiger partial charge in [0.25, 0.3) is 0 Å². The highest BCUT2D eigenvalue weighted by Gasteiger charge is 2.20. The molecule has 0 atom stereocenters. The van der Waals surface area contributed by atoms with Crippen molar-refractivity contribution in [2.45, 2.75) is 57.9 Å². The van der Waals surface area contributed by atoms with Crippen LogP contribution < -0.4 is 5.32 Å². The van der Waals surface area contributed by atoms with Gasteiger partial charge in [-0.05, 0) is 25.8 Å². The minimum absolute atomic E-state index is 0.141. The van der Waals surface area contributed by atoms with Gasteiger partial charge in [-0.15, -0.1) is 21.5 Å². The predicted molar refractivity (Wildman–Crippen MR) is 68.0 cm³/mol. The molecule has 1 aromatic rings. The van der Waals surface area contributed by atoms with Crippen LogP contribution in [0.4, 0.5) is 0 Å². The summed E-state index contributed by atoms with van der Waals surface area (Å²) in [5.74, 6) is 0. The average molecular weight is 239 g/mol. The van der Waals surface area contributed by atoms with Crippen LogP contribution in [-0.4, -0.2) is 22.8 Å². The van der Waals surface area contributed by atoms with Crippen molar-refractivity contribution < 1.29 is 0 Å². The lowest BCUT2D eigenvalue weighted by Gasteiger charge is -2.12. The quantitative estimate of drug-likeness (QED) is 0.802. The lowest BCUT2D eigenvalue weighted by atomic mass is 9.98. The summed E-state index contributed by atoms with van der Waals surface area (Å²) in [6, 6.07) is 0.819. The molecule has 0 bridgehead atoms. The summed E-state index contributed by atoms with van der Waals surface area (Å²) in [5, 5.41) is 14.4. The van der Waals surface area contributed by atoms with Gasteiger partial charge in [0.05, 0.1) is 0 Å². The minimum Gasteiger partial charge on any atom is -0.314 e. The van der Waals surface area contributed by atoms with Gasteiger partial charge in [-0.1, -0.05) is 20.8 Å². The minimum atomic E-state index is 0.141. The van der Waals surface area contributed by atoms with E-state index in [-0.39, 0.29) is 5.41 Å². The number of hydrogen-bond acceptors (Lipinski definition) is 4. The molecule has 1 saturated carbocycles. The molecule has 0 aromatic carbocycles. The van der Waals surface area contributed by atoms with Crippen LogP contribution in [0.2, 0.25) is 0 Å². The Bertz CT molecular complexity index is 336. The van der Waals surface area contributed by atoms with Crippen LogP contribution in [0.5, 0.6) is 0 Å². The van der Waals surface area contributed by atoms with Crippen molar-refractivity contribution >= 4 is 11.3 Å². The molecule has 0 radical (unpaired) electrons. The zero-order chi connectivity index (χ0) is 11.6. The molecule has 1 heterocycles. The Kier molecular flexibility index (Phi) is 3.60. The van der Waals surface area contributed by atoms with E-state index in [1.54, 1.807) is 11.3 Å². The van der Waals surface area contributed by atoms with E-state index < -0.39 is 0 Å². The first kappa shape index (κ1) is 12.0. The summed E-state index contributed by atoms with van der Waals surface area (Å²) in [6.07, 6.45) is 4.97. The number of rotatable bonds is 5. The first-order chi connectivity index (χ1) is 7.55. The molecule has 0 aliphatic heterocycles. The Hall–Kier alpha value is -0.480. The van der Waals surface area contributed by atoms with Crippen LogP contribution in [0, 0.1) is 0 Å². The number of hydrogen-bond donors (Lipinski definition) is 1. The molecular weight excluding hydrogens is 218 g/mol. The fourth-order valence-electron chi connectivity index (χ4n) is 1.49. The second-order valence-corrected chi connectivity index (χ2v) is 6.64. The van der Waals surface area contributed by atoms with Crippen molar-refractivity contribution in [2.75, 3.05) is 6.54 Å². The van der Waals surface area contributed by atoms with E-state index in [1.165, 1.54) is 24.3 Å². The summed E-state index contributed by atoms with van der Waals surface area (Å²) >= 11 is 1.76. The molecule has 1 aliphatic carbocycles. The molecule has 1 aliphatic rings. The largest absolute Gasteiger partial charge is 0.314 e. The first-order valence-electron chi connectivity index (χ1n) is 6.12. The molecule has 0 spiro atoms. The predicted octanol–water partition coefficient (Wildman–Crippen LogP) is 2.52. The second-order valence-electron chi connectivity index (χ2n) is 5.58. The molecule has 1 N–H and O–H groups in total. The van der Waals surface area contributed by atoms with Gasteiger partial charge in [0.15, 0.2) is 0 Å². The number of nitrogens with one attached hydrogen (secondary N) is 1. The van der Waals surface area contributed by atoms with Crippen molar-refractivity contribution in [1.29, 1.82) is 0 Å². The van der Waals surface area contributed by atoms with Crippen LogP contribution in [0.3, 0.4) is 0 Å². The van der Waals surface area contributed by atoms with Gasteiger partial charge in [0.2, 0.25) is 0 Å². The zero-order valence-corrected chi connectivity index (χ0v) is 11.2. The van der Waals surface area contributed by atoms with E-state index in [4.69, 9.17) is 0 Å². The second kappa shape index (κ2) is 4.80. The van der Waals surface area contributed by atoms with E-state index in [0.717, 1.165) is 24.0 Å². The third-order valence-electron chi connectivity index (χ3n) is 2.69. The summed E-state index contributed by atoms with van der Waals surface area (Å²) < 4.78 is 0. The molecule has 16 heavy (non-hydrogen) atoms. The van der Waals surface area contributed by atoms with Gasteiger partial charge in [-0.3, -0.25) is 0 Å². The maximum absolute atomic E-state index is 4.26. The standard InChI is InChI=1S/C12H21N3S/c1-12(2,3)11-15-14-10(16-11)5-4-8-13-9-6-7-9/h9,13H,4-8H2,1-3H3. The molecule has 0 amide bonds. The number of nitrogens with zero attached hydrogens (tertiary/aromatic N) is 2. The van der Waals surface area contributed by atoms with Gasteiger partial charge in [0.1, 0.15) is 10.0 Å². The van der Waals surface area contributed by atoms with E-state index in [9.17, 15) is 0 Å². The maximum atomic E-state index is 4.26. The SMILES string of the molecule is CC(C)(C)c1nnc(CCCNC2CC2)s1. The van der Waals surface area contributed by atoms with Crippen molar-refractivity contribution in [3.8, 4) is 0 Å².